The summed E-state index contributed by atoms with van der Waals surface area (Å²) in [7, 11) is 0. The first-order valence-electron chi connectivity index (χ1n) is 5.84. The fourth-order valence-electron chi connectivity index (χ4n) is 1.50. The van der Waals surface area contributed by atoms with Gasteiger partial charge in [0.05, 0.1) is 20.1 Å². The second kappa shape index (κ2) is 7.12. The molecule has 1 aromatic carbocycles. The maximum absolute atomic E-state index is 6.07. The van der Waals surface area contributed by atoms with Gasteiger partial charge in [-0.1, -0.05) is 58.0 Å². The van der Waals surface area contributed by atoms with Crippen LogP contribution in [0.4, 0.5) is 5.82 Å². The number of pyridine rings is 1. The van der Waals surface area contributed by atoms with E-state index in [0.29, 0.717) is 38.2 Å². The third-order valence-electron chi connectivity index (χ3n) is 2.42. The Hall–Kier alpha value is -0.580. The number of aromatic nitrogens is 1. The van der Waals surface area contributed by atoms with Crippen molar-refractivity contribution in [2.75, 3.05) is 11.9 Å². The summed E-state index contributed by atoms with van der Waals surface area (Å²) in [5.41, 5.74) is 0. The molecule has 3 nitrogen and oxygen atoms in total. The highest BCUT2D eigenvalue weighted by Gasteiger charge is 2.14. The zero-order valence-corrected chi connectivity index (χ0v) is 14.5. The molecule has 0 radical (unpaired) electrons. The summed E-state index contributed by atoms with van der Waals surface area (Å²) in [4.78, 5) is 4.22. The SMILES string of the molecule is CCNc1nc(Oc2cc(Cl)c(Cl)cc2Cl)c(Cl)cc1Cl. The second-order valence-electron chi connectivity index (χ2n) is 3.93. The average molecular weight is 386 g/mol. The Morgan fingerprint density at radius 1 is 0.905 bits per heavy atom. The third-order valence-corrected chi connectivity index (χ3v) is 4.00. The molecule has 2 aromatic rings. The lowest BCUT2D eigenvalue weighted by Gasteiger charge is -2.12. The number of nitrogens with zero attached hydrogens (tertiary/aromatic N) is 1. The first kappa shape index (κ1) is 16.8. The van der Waals surface area contributed by atoms with Gasteiger partial charge in [0.15, 0.2) is 0 Å². The molecule has 0 bridgehead atoms. The van der Waals surface area contributed by atoms with Crippen molar-refractivity contribution in [3.8, 4) is 11.6 Å². The van der Waals surface area contributed by atoms with Crippen LogP contribution in [0.15, 0.2) is 18.2 Å². The van der Waals surface area contributed by atoms with Crippen LogP contribution < -0.4 is 10.1 Å². The van der Waals surface area contributed by atoms with E-state index in [2.05, 4.69) is 10.3 Å². The molecule has 0 amide bonds. The summed E-state index contributed by atoms with van der Waals surface area (Å²) in [6.45, 7) is 2.57. The second-order valence-corrected chi connectivity index (χ2v) is 5.97. The van der Waals surface area contributed by atoms with E-state index in [1.807, 2.05) is 6.92 Å². The maximum atomic E-state index is 6.07. The molecular formula is C13H9Cl5N2O. The van der Waals surface area contributed by atoms with Crippen LogP contribution in [0, 0.1) is 0 Å². The third kappa shape index (κ3) is 3.99. The Bertz CT molecular complexity index is 678. The molecule has 0 atom stereocenters. The average Bonchev–Trinajstić information content (AvgIpc) is 2.41. The van der Waals surface area contributed by atoms with E-state index in [1.54, 1.807) is 0 Å². The highest BCUT2D eigenvalue weighted by Crippen LogP contribution is 2.39. The van der Waals surface area contributed by atoms with E-state index in [-0.39, 0.29) is 10.9 Å². The molecule has 0 spiro atoms. The van der Waals surface area contributed by atoms with Crippen LogP contribution >= 0.6 is 58.0 Å². The minimum absolute atomic E-state index is 0.164. The minimum atomic E-state index is 0.164. The molecule has 0 fully saturated rings. The van der Waals surface area contributed by atoms with Crippen LogP contribution in [0.1, 0.15) is 6.92 Å². The molecule has 0 aliphatic rings. The standard InChI is InChI=1S/C13H9Cl5N2O/c1-2-19-12-9(17)4-10(18)13(20-12)21-11-5-7(15)6(14)3-8(11)16/h3-5H,2H2,1H3,(H,19,20). The largest absolute Gasteiger partial charge is 0.436 e. The number of anilines is 1. The fourth-order valence-corrected chi connectivity index (χ4v) is 2.54. The minimum Gasteiger partial charge on any atom is -0.436 e. The molecule has 1 heterocycles. The van der Waals surface area contributed by atoms with Gasteiger partial charge in [-0.3, -0.25) is 0 Å². The normalized spacial score (nSPS) is 10.6. The predicted octanol–water partition coefficient (Wildman–Crippen LogP) is 6.57. The molecule has 21 heavy (non-hydrogen) atoms. The van der Waals surface area contributed by atoms with E-state index >= 15 is 0 Å². The van der Waals surface area contributed by atoms with Crippen molar-refractivity contribution in [1.29, 1.82) is 0 Å². The molecule has 112 valence electrons. The van der Waals surface area contributed by atoms with Crippen molar-refractivity contribution < 1.29 is 4.74 Å². The molecule has 8 heteroatoms. The first-order valence-corrected chi connectivity index (χ1v) is 7.73. The van der Waals surface area contributed by atoms with E-state index in [0.717, 1.165) is 0 Å². The molecular weight excluding hydrogens is 377 g/mol. The number of halogens is 5. The van der Waals surface area contributed by atoms with Crippen molar-refractivity contribution in [3.05, 3.63) is 43.3 Å². The quantitative estimate of drug-likeness (QED) is 0.603. The van der Waals surface area contributed by atoms with Gasteiger partial charge in [-0.15, -0.1) is 0 Å². The van der Waals surface area contributed by atoms with Gasteiger partial charge in [-0.2, -0.15) is 4.98 Å². The molecule has 1 N–H and O–H groups in total. The van der Waals surface area contributed by atoms with Crippen molar-refractivity contribution in [1.82, 2.24) is 4.98 Å². The van der Waals surface area contributed by atoms with Gasteiger partial charge in [-0.25, -0.2) is 0 Å². The molecule has 1 aromatic heterocycles. The number of hydrogen-bond donors (Lipinski definition) is 1. The smallest absolute Gasteiger partial charge is 0.240 e. The Morgan fingerprint density at radius 3 is 2.19 bits per heavy atom. The monoisotopic (exact) mass is 384 g/mol. The Kier molecular flexibility index (Phi) is 5.69. The molecule has 0 aliphatic heterocycles. The van der Waals surface area contributed by atoms with Crippen molar-refractivity contribution in [2.45, 2.75) is 6.92 Å². The Labute approximate surface area is 147 Å². The van der Waals surface area contributed by atoms with Gasteiger partial charge in [0, 0.05) is 12.6 Å². The lowest BCUT2D eigenvalue weighted by atomic mass is 10.3. The molecule has 2 rings (SSSR count). The number of benzene rings is 1. The number of hydrogen-bond acceptors (Lipinski definition) is 3. The summed E-state index contributed by atoms with van der Waals surface area (Å²) in [5.74, 6) is 0.928. The predicted molar refractivity (Wildman–Crippen MR) is 90.0 cm³/mol. The van der Waals surface area contributed by atoms with Gasteiger partial charge in [0.2, 0.25) is 5.88 Å². The topological polar surface area (TPSA) is 34.2 Å². The van der Waals surface area contributed by atoms with Crippen molar-refractivity contribution >= 4 is 63.8 Å². The summed E-state index contributed by atoms with van der Waals surface area (Å²) in [5, 5.41) is 4.59. The molecule has 0 unspecified atom stereocenters. The zero-order chi connectivity index (χ0) is 15.6. The number of ether oxygens (including phenoxy) is 1. The molecule has 0 aliphatic carbocycles. The highest BCUT2D eigenvalue weighted by molar-refractivity contribution is 6.43. The van der Waals surface area contributed by atoms with E-state index in [9.17, 15) is 0 Å². The van der Waals surface area contributed by atoms with Crippen LogP contribution in [0.3, 0.4) is 0 Å². The summed E-state index contributed by atoms with van der Waals surface area (Å²) >= 11 is 30.0. The highest BCUT2D eigenvalue weighted by atomic mass is 35.5. The van der Waals surface area contributed by atoms with E-state index in [4.69, 9.17) is 62.7 Å². The summed E-state index contributed by atoms with van der Waals surface area (Å²) < 4.78 is 5.60. The fraction of sp³-hybridized carbons (Fsp3) is 0.154. The Morgan fingerprint density at radius 2 is 1.52 bits per heavy atom. The molecule has 0 saturated heterocycles. The lowest BCUT2D eigenvalue weighted by Crippen LogP contribution is -2.01. The Balaban J connectivity index is 2.39. The van der Waals surface area contributed by atoms with Crippen LogP contribution in [0.5, 0.6) is 11.6 Å². The zero-order valence-electron chi connectivity index (χ0n) is 10.7. The van der Waals surface area contributed by atoms with Gasteiger partial charge in [-0.05, 0) is 19.1 Å². The van der Waals surface area contributed by atoms with Crippen LogP contribution in [0.25, 0.3) is 0 Å². The molecule has 0 saturated carbocycles. The van der Waals surface area contributed by atoms with Crippen molar-refractivity contribution in [3.63, 3.8) is 0 Å². The van der Waals surface area contributed by atoms with Gasteiger partial charge >= 0.3 is 0 Å². The van der Waals surface area contributed by atoms with Crippen LogP contribution in [-0.2, 0) is 0 Å². The van der Waals surface area contributed by atoms with E-state index in [1.165, 1.54) is 18.2 Å². The maximum Gasteiger partial charge on any atom is 0.240 e. The van der Waals surface area contributed by atoms with Gasteiger partial charge in [0.25, 0.3) is 0 Å². The number of rotatable bonds is 4. The first-order chi connectivity index (χ1) is 9.92. The lowest BCUT2D eigenvalue weighted by molar-refractivity contribution is 0.464. The van der Waals surface area contributed by atoms with Crippen LogP contribution in [-0.4, -0.2) is 11.5 Å². The van der Waals surface area contributed by atoms with E-state index < -0.39 is 0 Å². The van der Waals surface area contributed by atoms with Gasteiger partial charge < -0.3 is 10.1 Å². The van der Waals surface area contributed by atoms with Crippen molar-refractivity contribution in [2.24, 2.45) is 0 Å². The van der Waals surface area contributed by atoms with Gasteiger partial charge in [0.1, 0.15) is 16.6 Å². The summed E-state index contributed by atoms with van der Waals surface area (Å²) in [6, 6.07) is 4.51. The summed E-state index contributed by atoms with van der Waals surface area (Å²) in [6.07, 6.45) is 0. The number of nitrogens with one attached hydrogen (secondary N) is 1. The van der Waals surface area contributed by atoms with Crippen LogP contribution in [0.2, 0.25) is 25.1 Å².